The molecule has 3 rings (SSSR count). The molecule has 0 saturated heterocycles. The molecule has 6 heteroatoms. The molecule has 130 valence electrons. The topological polar surface area (TPSA) is 56.1 Å². The fourth-order valence-corrected chi connectivity index (χ4v) is 3.31. The van der Waals surface area contributed by atoms with Gasteiger partial charge in [-0.2, -0.15) is 5.10 Å². The van der Waals surface area contributed by atoms with Gasteiger partial charge >= 0.3 is 0 Å². The molecule has 2 aromatic heterocycles. The van der Waals surface area contributed by atoms with Crippen molar-refractivity contribution in [2.75, 3.05) is 5.32 Å². The predicted octanol–water partition coefficient (Wildman–Crippen LogP) is 4.24. The molecule has 0 spiro atoms. The van der Waals surface area contributed by atoms with Gasteiger partial charge < -0.3 is 10.1 Å². The number of carbonyl (C=O) groups excluding carboxylic acids is 1. The number of carbonyl (C=O) groups is 1. The largest absolute Gasteiger partial charge is 0.489 e. The molecular weight excluding hydrogens is 334 g/mol. The van der Waals surface area contributed by atoms with E-state index in [2.05, 4.69) is 23.4 Å². The molecule has 0 aliphatic heterocycles. The number of hydrogen-bond acceptors (Lipinski definition) is 4. The van der Waals surface area contributed by atoms with E-state index in [4.69, 9.17) is 4.74 Å². The molecule has 1 aromatic carbocycles. The van der Waals surface area contributed by atoms with Crippen LogP contribution < -0.4 is 10.1 Å². The van der Waals surface area contributed by atoms with E-state index in [1.54, 1.807) is 10.9 Å². The third-order valence-electron chi connectivity index (χ3n) is 4.09. The summed E-state index contributed by atoms with van der Waals surface area (Å²) in [6.45, 7) is 6.43. The molecule has 3 aromatic rings. The number of anilines is 1. The van der Waals surface area contributed by atoms with Crippen LogP contribution in [-0.4, -0.2) is 15.7 Å². The fourth-order valence-electron chi connectivity index (χ4n) is 2.52. The highest BCUT2D eigenvalue weighted by Gasteiger charge is 2.13. The van der Waals surface area contributed by atoms with Gasteiger partial charge in [0.25, 0.3) is 5.91 Å². The third kappa shape index (κ3) is 3.91. The Hall–Kier alpha value is -2.60. The normalized spacial score (nSPS) is 10.7. The van der Waals surface area contributed by atoms with E-state index in [9.17, 15) is 4.79 Å². The van der Waals surface area contributed by atoms with Crippen LogP contribution in [0, 0.1) is 20.8 Å². The number of benzene rings is 1. The van der Waals surface area contributed by atoms with Crippen LogP contribution in [0.25, 0.3) is 0 Å². The Morgan fingerprint density at radius 2 is 2.12 bits per heavy atom. The Labute approximate surface area is 151 Å². The Morgan fingerprint density at radius 3 is 2.84 bits per heavy atom. The number of thiophene rings is 1. The number of amides is 1. The molecule has 0 atom stereocenters. The number of ether oxygens (including phenoxy) is 1. The Morgan fingerprint density at radius 1 is 1.32 bits per heavy atom. The van der Waals surface area contributed by atoms with Gasteiger partial charge in [0.2, 0.25) is 0 Å². The highest BCUT2D eigenvalue weighted by molar-refractivity contribution is 7.12. The molecule has 25 heavy (non-hydrogen) atoms. The van der Waals surface area contributed by atoms with Crippen molar-refractivity contribution in [1.82, 2.24) is 9.78 Å². The summed E-state index contributed by atoms with van der Waals surface area (Å²) in [6.07, 6.45) is 1.80. The Bertz CT molecular complexity index is 911. The molecule has 0 bridgehead atoms. The van der Waals surface area contributed by atoms with E-state index in [-0.39, 0.29) is 5.91 Å². The van der Waals surface area contributed by atoms with Gasteiger partial charge in [0.1, 0.15) is 12.4 Å². The second kappa shape index (κ2) is 7.11. The summed E-state index contributed by atoms with van der Waals surface area (Å²) in [7, 11) is 1.83. The Balaban J connectivity index is 1.65. The van der Waals surface area contributed by atoms with Crippen molar-refractivity contribution < 1.29 is 9.53 Å². The van der Waals surface area contributed by atoms with Gasteiger partial charge in [0.15, 0.2) is 0 Å². The standard InChI is InChI=1S/C19H21N3O2S/c1-12-6-5-7-17(13(12)2)24-10-15-8-18(25-11-15)19(23)20-16-9-22(4)21-14(16)3/h5-9,11H,10H2,1-4H3,(H,20,23). The number of hydrogen-bond donors (Lipinski definition) is 1. The minimum absolute atomic E-state index is 0.126. The molecule has 0 radical (unpaired) electrons. The quantitative estimate of drug-likeness (QED) is 0.745. The van der Waals surface area contributed by atoms with Crippen molar-refractivity contribution in [1.29, 1.82) is 0 Å². The lowest BCUT2D eigenvalue weighted by Crippen LogP contribution is -2.10. The highest BCUT2D eigenvalue weighted by Crippen LogP contribution is 2.23. The van der Waals surface area contributed by atoms with E-state index in [0.29, 0.717) is 11.5 Å². The molecule has 0 aliphatic rings. The number of aryl methyl sites for hydroxylation is 3. The van der Waals surface area contributed by atoms with Crippen molar-refractivity contribution in [3.63, 3.8) is 0 Å². The molecule has 0 unspecified atom stereocenters. The van der Waals surface area contributed by atoms with Crippen LogP contribution in [0.15, 0.2) is 35.8 Å². The van der Waals surface area contributed by atoms with Crippen LogP contribution in [0.1, 0.15) is 32.1 Å². The van der Waals surface area contributed by atoms with E-state index >= 15 is 0 Å². The minimum Gasteiger partial charge on any atom is -0.489 e. The second-order valence-electron chi connectivity index (χ2n) is 6.06. The maximum absolute atomic E-state index is 12.4. The first kappa shape index (κ1) is 17.2. The average molecular weight is 355 g/mol. The molecule has 0 saturated carbocycles. The van der Waals surface area contributed by atoms with Crippen molar-refractivity contribution in [2.45, 2.75) is 27.4 Å². The maximum Gasteiger partial charge on any atom is 0.265 e. The van der Waals surface area contributed by atoms with Gasteiger partial charge in [0.05, 0.1) is 16.3 Å². The zero-order chi connectivity index (χ0) is 18.0. The van der Waals surface area contributed by atoms with Gasteiger partial charge in [-0.25, -0.2) is 0 Å². The average Bonchev–Trinajstić information content (AvgIpc) is 3.16. The van der Waals surface area contributed by atoms with Gasteiger partial charge in [-0.1, -0.05) is 12.1 Å². The lowest BCUT2D eigenvalue weighted by molar-refractivity contribution is 0.103. The lowest BCUT2D eigenvalue weighted by atomic mass is 10.1. The van der Waals surface area contributed by atoms with Gasteiger partial charge in [-0.05, 0) is 49.4 Å². The lowest BCUT2D eigenvalue weighted by Gasteiger charge is -2.09. The number of aromatic nitrogens is 2. The van der Waals surface area contributed by atoms with Gasteiger partial charge in [-0.15, -0.1) is 11.3 Å². The van der Waals surface area contributed by atoms with Crippen LogP contribution >= 0.6 is 11.3 Å². The predicted molar refractivity (Wildman–Crippen MR) is 100 cm³/mol. The molecule has 1 amide bonds. The third-order valence-corrected chi connectivity index (χ3v) is 5.07. The summed E-state index contributed by atoms with van der Waals surface area (Å²) in [5.41, 5.74) is 4.86. The second-order valence-corrected chi connectivity index (χ2v) is 6.97. The summed E-state index contributed by atoms with van der Waals surface area (Å²) in [6, 6.07) is 7.89. The molecule has 2 heterocycles. The summed E-state index contributed by atoms with van der Waals surface area (Å²) >= 11 is 1.41. The molecular formula is C19H21N3O2S. The molecule has 1 N–H and O–H groups in total. The fraction of sp³-hybridized carbons (Fsp3) is 0.263. The highest BCUT2D eigenvalue weighted by atomic mass is 32.1. The van der Waals surface area contributed by atoms with E-state index in [1.165, 1.54) is 16.9 Å². The minimum atomic E-state index is -0.126. The zero-order valence-electron chi connectivity index (χ0n) is 14.8. The van der Waals surface area contributed by atoms with Crippen LogP contribution in [0.4, 0.5) is 5.69 Å². The van der Waals surface area contributed by atoms with Crippen molar-refractivity contribution >= 4 is 22.9 Å². The molecule has 0 fully saturated rings. The summed E-state index contributed by atoms with van der Waals surface area (Å²) in [5.74, 6) is 0.752. The summed E-state index contributed by atoms with van der Waals surface area (Å²) in [4.78, 5) is 13.0. The first-order valence-corrected chi connectivity index (χ1v) is 8.90. The van der Waals surface area contributed by atoms with E-state index < -0.39 is 0 Å². The summed E-state index contributed by atoms with van der Waals surface area (Å²) < 4.78 is 7.58. The van der Waals surface area contributed by atoms with Crippen LogP contribution in [-0.2, 0) is 13.7 Å². The van der Waals surface area contributed by atoms with Crippen molar-refractivity contribution in [3.8, 4) is 5.75 Å². The summed E-state index contributed by atoms with van der Waals surface area (Å²) in [5, 5.41) is 9.08. The van der Waals surface area contributed by atoms with Crippen LogP contribution in [0.3, 0.4) is 0 Å². The molecule has 5 nitrogen and oxygen atoms in total. The van der Waals surface area contributed by atoms with Crippen LogP contribution in [0.5, 0.6) is 5.75 Å². The van der Waals surface area contributed by atoms with Crippen molar-refractivity contribution in [3.05, 3.63) is 63.1 Å². The van der Waals surface area contributed by atoms with Gasteiger partial charge in [-0.3, -0.25) is 9.48 Å². The number of nitrogens with zero attached hydrogens (tertiary/aromatic N) is 2. The smallest absolute Gasteiger partial charge is 0.265 e. The zero-order valence-corrected chi connectivity index (χ0v) is 15.6. The molecule has 0 aliphatic carbocycles. The van der Waals surface area contributed by atoms with E-state index in [1.807, 2.05) is 44.5 Å². The maximum atomic E-state index is 12.4. The number of rotatable bonds is 5. The van der Waals surface area contributed by atoms with Crippen LogP contribution in [0.2, 0.25) is 0 Å². The van der Waals surface area contributed by atoms with Crippen molar-refractivity contribution in [2.24, 2.45) is 7.05 Å². The first-order valence-electron chi connectivity index (χ1n) is 8.02. The SMILES string of the molecule is Cc1cccc(OCc2csc(C(=O)Nc3cn(C)nc3C)c2)c1C. The number of nitrogens with one attached hydrogen (secondary N) is 1. The first-order chi connectivity index (χ1) is 11.9. The Kier molecular flexibility index (Phi) is 4.90. The monoisotopic (exact) mass is 355 g/mol. The van der Waals surface area contributed by atoms with Gasteiger partial charge in [0, 0.05) is 18.8 Å². The van der Waals surface area contributed by atoms with E-state index in [0.717, 1.165) is 28.3 Å².